The summed E-state index contributed by atoms with van der Waals surface area (Å²) in [6, 6.07) is 0.342. The molecule has 2 saturated heterocycles. The molecule has 0 bridgehead atoms. The Hall–Kier alpha value is -0.760. The third kappa shape index (κ3) is 5.67. The molecule has 9 heteroatoms. The third-order valence-corrected chi connectivity index (χ3v) is 5.06. The zero-order chi connectivity index (χ0) is 14.5. The molecule has 1 aromatic heterocycles. The van der Waals surface area contributed by atoms with Crippen LogP contribution in [-0.2, 0) is 4.79 Å². The van der Waals surface area contributed by atoms with Crippen molar-refractivity contribution < 1.29 is 4.79 Å². The zero-order valence-electron chi connectivity index (χ0n) is 12.9. The highest BCUT2D eigenvalue weighted by atomic mass is 35.5. The number of aromatic nitrogens is 2. The predicted octanol–water partition coefficient (Wildman–Crippen LogP) is 1.06. The van der Waals surface area contributed by atoms with Crippen LogP contribution in [-0.4, -0.2) is 71.0 Å². The van der Waals surface area contributed by atoms with Crippen LogP contribution in [0.2, 0.25) is 0 Å². The number of hydrogen-bond acceptors (Lipinski definition) is 6. The van der Waals surface area contributed by atoms with Crippen LogP contribution in [0.1, 0.15) is 6.42 Å². The first-order valence-electron chi connectivity index (χ1n) is 7.43. The van der Waals surface area contributed by atoms with E-state index in [9.17, 15) is 4.79 Å². The molecule has 0 aromatic carbocycles. The Bertz CT molecular complexity index is 467. The molecule has 1 N–H and O–H groups in total. The van der Waals surface area contributed by atoms with Crippen molar-refractivity contribution >= 4 is 48.3 Å². The van der Waals surface area contributed by atoms with E-state index < -0.39 is 0 Å². The van der Waals surface area contributed by atoms with E-state index in [1.165, 1.54) is 0 Å². The number of rotatable bonds is 3. The minimum Gasteiger partial charge on any atom is -0.352 e. The number of anilines is 1. The number of hydrogen-bond donors (Lipinski definition) is 1. The van der Waals surface area contributed by atoms with Gasteiger partial charge in [-0.15, -0.1) is 24.8 Å². The van der Waals surface area contributed by atoms with Gasteiger partial charge in [0.2, 0.25) is 5.91 Å². The Morgan fingerprint density at radius 2 is 2.04 bits per heavy atom. The summed E-state index contributed by atoms with van der Waals surface area (Å²) in [4.78, 5) is 24.9. The lowest BCUT2D eigenvalue weighted by Gasteiger charge is -2.36. The third-order valence-electron chi connectivity index (χ3n) is 3.93. The lowest BCUT2D eigenvalue weighted by molar-refractivity contribution is -0.131. The molecular formula is C14H23Cl2N5OS. The van der Waals surface area contributed by atoms with Crippen LogP contribution in [0.4, 0.5) is 5.82 Å². The average molecular weight is 380 g/mol. The summed E-state index contributed by atoms with van der Waals surface area (Å²) in [6.45, 7) is 4.22. The monoisotopic (exact) mass is 379 g/mol. The Morgan fingerprint density at radius 3 is 2.65 bits per heavy atom. The Balaban J connectivity index is 0.00000132. The van der Waals surface area contributed by atoms with Crippen LogP contribution in [0.3, 0.4) is 0 Å². The molecule has 130 valence electrons. The van der Waals surface area contributed by atoms with E-state index in [2.05, 4.69) is 20.2 Å². The van der Waals surface area contributed by atoms with Gasteiger partial charge in [-0.1, -0.05) is 0 Å². The summed E-state index contributed by atoms with van der Waals surface area (Å²) in [5, 5.41) is 3.43. The van der Waals surface area contributed by atoms with Crippen LogP contribution in [0.25, 0.3) is 0 Å². The first kappa shape index (κ1) is 20.3. The molecule has 0 saturated carbocycles. The molecular weight excluding hydrogens is 357 g/mol. The van der Waals surface area contributed by atoms with Gasteiger partial charge in [0, 0.05) is 69.1 Å². The van der Waals surface area contributed by atoms with E-state index in [1.54, 1.807) is 18.6 Å². The summed E-state index contributed by atoms with van der Waals surface area (Å²) in [6.07, 6.45) is 5.79. The van der Waals surface area contributed by atoms with Crippen molar-refractivity contribution in [1.82, 2.24) is 20.2 Å². The topological polar surface area (TPSA) is 61.4 Å². The maximum Gasteiger partial charge on any atom is 0.224 e. The number of thioether (sulfide) groups is 1. The van der Waals surface area contributed by atoms with Gasteiger partial charge in [-0.05, 0) is 0 Å². The van der Waals surface area contributed by atoms with Gasteiger partial charge in [-0.25, -0.2) is 4.98 Å². The van der Waals surface area contributed by atoms with Crippen molar-refractivity contribution in [2.24, 2.45) is 0 Å². The molecule has 1 aromatic rings. The molecule has 0 aliphatic carbocycles. The highest BCUT2D eigenvalue weighted by molar-refractivity contribution is 7.99. The number of carbonyl (C=O) groups excluding carboxylic acids is 1. The van der Waals surface area contributed by atoms with Crippen LogP contribution in [0.5, 0.6) is 0 Å². The number of carbonyl (C=O) groups is 1. The van der Waals surface area contributed by atoms with Gasteiger partial charge in [0.25, 0.3) is 0 Å². The highest BCUT2D eigenvalue weighted by Gasteiger charge is 2.24. The van der Waals surface area contributed by atoms with Crippen LogP contribution in [0, 0.1) is 0 Å². The van der Waals surface area contributed by atoms with E-state index in [0.717, 1.165) is 50.0 Å². The minimum atomic E-state index is 0. The number of nitrogens with zero attached hydrogens (tertiary/aromatic N) is 4. The van der Waals surface area contributed by atoms with Crippen molar-refractivity contribution in [1.29, 1.82) is 0 Å². The lowest BCUT2D eigenvalue weighted by Crippen LogP contribution is -2.51. The molecule has 1 unspecified atom stereocenters. The van der Waals surface area contributed by atoms with Crippen LogP contribution in [0.15, 0.2) is 18.6 Å². The van der Waals surface area contributed by atoms with Gasteiger partial charge in [0.1, 0.15) is 5.82 Å². The normalized spacial score (nSPS) is 21.1. The van der Waals surface area contributed by atoms with Gasteiger partial charge in [0.05, 0.1) is 6.20 Å². The van der Waals surface area contributed by atoms with Crippen LogP contribution < -0.4 is 10.2 Å². The molecule has 2 aliphatic heterocycles. The molecule has 3 rings (SSSR count). The second kappa shape index (κ2) is 10.2. The molecule has 3 heterocycles. The van der Waals surface area contributed by atoms with E-state index >= 15 is 0 Å². The molecule has 0 spiro atoms. The number of piperazine rings is 1. The van der Waals surface area contributed by atoms with Crippen molar-refractivity contribution in [2.45, 2.75) is 12.5 Å². The van der Waals surface area contributed by atoms with Crippen LogP contribution >= 0.6 is 36.6 Å². The standard InChI is InChI=1S/C14H21N5OS.2ClH/c20-14(9-12-11-21-8-3-16-12)19-6-4-18(5-7-19)13-10-15-1-2-17-13;;/h1-2,10,12,16H,3-9,11H2;2*1H. The van der Waals surface area contributed by atoms with Gasteiger partial charge in [-0.2, -0.15) is 11.8 Å². The highest BCUT2D eigenvalue weighted by Crippen LogP contribution is 2.14. The maximum atomic E-state index is 12.3. The van der Waals surface area contributed by atoms with Crippen molar-refractivity contribution in [3.63, 3.8) is 0 Å². The summed E-state index contributed by atoms with van der Waals surface area (Å²) in [7, 11) is 0. The predicted molar refractivity (Wildman–Crippen MR) is 99.1 cm³/mol. The Morgan fingerprint density at radius 1 is 1.26 bits per heavy atom. The summed E-state index contributed by atoms with van der Waals surface area (Å²) >= 11 is 1.93. The van der Waals surface area contributed by atoms with Gasteiger partial charge in [0.15, 0.2) is 0 Å². The summed E-state index contributed by atoms with van der Waals surface area (Å²) in [5.41, 5.74) is 0. The maximum absolute atomic E-state index is 12.3. The second-order valence-corrected chi connectivity index (χ2v) is 6.51. The smallest absolute Gasteiger partial charge is 0.224 e. The Kier molecular flexibility index (Phi) is 8.98. The molecule has 1 amide bonds. The average Bonchev–Trinajstić information content (AvgIpc) is 2.57. The molecule has 6 nitrogen and oxygen atoms in total. The van der Waals surface area contributed by atoms with E-state index in [4.69, 9.17) is 0 Å². The number of nitrogens with one attached hydrogen (secondary N) is 1. The first-order valence-corrected chi connectivity index (χ1v) is 8.58. The molecule has 0 radical (unpaired) electrons. The molecule has 1 atom stereocenters. The van der Waals surface area contributed by atoms with E-state index in [1.807, 2.05) is 16.7 Å². The lowest BCUT2D eigenvalue weighted by atomic mass is 10.2. The van der Waals surface area contributed by atoms with Crippen molar-refractivity contribution in [3.8, 4) is 0 Å². The zero-order valence-corrected chi connectivity index (χ0v) is 15.3. The largest absolute Gasteiger partial charge is 0.352 e. The molecule has 2 fully saturated rings. The first-order chi connectivity index (χ1) is 10.3. The van der Waals surface area contributed by atoms with Crippen molar-refractivity contribution in [3.05, 3.63) is 18.6 Å². The fourth-order valence-electron chi connectivity index (χ4n) is 2.73. The summed E-state index contributed by atoms with van der Waals surface area (Å²) < 4.78 is 0. The van der Waals surface area contributed by atoms with E-state index in [-0.39, 0.29) is 30.7 Å². The fourth-order valence-corrected chi connectivity index (χ4v) is 3.68. The Labute approximate surface area is 153 Å². The second-order valence-electron chi connectivity index (χ2n) is 5.36. The quantitative estimate of drug-likeness (QED) is 0.847. The summed E-state index contributed by atoms with van der Waals surface area (Å²) in [5.74, 6) is 3.37. The van der Waals surface area contributed by atoms with Gasteiger partial charge >= 0.3 is 0 Å². The van der Waals surface area contributed by atoms with Gasteiger partial charge in [-0.3, -0.25) is 9.78 Å². The number of amides is 1. The minimum absolute atomic E-state index is 0. The van der Waals surface area contributed by atoms with Crippen molar-refractivity contribution in [2.75, 3.05) is 49.1 Å². The molecule has 23 heavy (non-hydrogen) atoms. The fraction of sp³-hybridized carbons (Fsp3) is 0.643. The molecule has 2 aliphatic rings. The van der Waals surface area contributed by atoms with E-state index in [0.29, 0.717) is 12.5 Å². The number of halogens is 2. The van der Waals surface area contributed by atoms with Gasteiger partial charge < -0.3 is 15.1 Å². The SMILES string of the molecule is Cl.Cl.O=C(CC1CSCCN1)N1CCN(c2cnccn2)CC1.